The molecule has 2 N–H and O–H groups in total. The van der Waals surface area contributed by atoms with E-state index in [0.717, 1.165) is 6.07 Å². The Hall–Kier alpha value is -1.28. The van der Waals surface area contributed by atoms with Gasteiger partial charge in [-0.1, -0.05) is 0 Å². The summed E-state index contributed by atoms with van der Waals surface area (Å²) in [6.07, 6.45) is 0. The highest BCUT2D eigenvalue weighted by Gasteiger charge is 2.15. The second kappa shape index (κ2) is 2.99. The van der Waals surface area contributed by atoms with Crippen molar-refractivity contribution >= 4 is 15.9 Å². The maximum Gasteiger partial charge on any atom is 0.195 e. The summed E-state index contributed by atoms with van der Waals surface area (Å²) in [5, 5.41) is 26.1. The number of nitriles is 1. The summed E-state index contributed by atoms with van der Waals surface area (Å²) >= 11 is 2.86. The van der Waals surface area contributed by atoms with Gasteiger partial charge < -0.3 is 10.2 Å². The SMILES string of the molecule is N#Cc1c(Br)cc(O)c(O)c1F. The van der Waals surface area contributed by atoms with Crippen LogP contribution < -0.4 is 0 Å². The minimum atomic E-state index is -1.12. The first kappa shape index (κ1) is 8.81. The van der Waals surface area contributed by atoms with E-state index in [1.807, 2.05) is 0 Å². The summed E-state index contributed by atoms with van der Waals surface area (Å²) in [5.74, 6) is -2.63. The number of halogens is 2. The second-order valence-corrected chi connectivity index (χ2v) is 2.88. The molecule has 5 heteroatoms. The fraction of sp³-hybridized carbons (Fsp3) is 0. The van der Waals surface area contributed by atoms with Crippen molar-refractivity contribution in [3.8, 4) is 17.6 Å². The minimum Gasteiger partial charge on any atom is -0.504 e. The van der Waals surface area contributed by atoms with Crippen LogP contribution in [0.4, 0.5) is 4.39 Å². The molecule has 0 amide bonds. The third kappa shape index (κ3) is 1.21. The van der Waals surface area contributed by atoms with Crippen LogP contribution in [0.15, 0.2) is 10.5 Å². The standard InChI is InChI=1S/C7H3BrFNO2/c8-4-1-5(11)7(12)6(9)3(4)2-10/h1,11-12H. The number of nitrogens with zero attached hydrogens (tertiary/aromatic N) is 1. The number of rotatable bonds is 0. The first-order chi connectivity index (χ1) is 5.57. The molecular formula is C7H3BrFNO2. The van der Waals surface area contributed by atoms with Gasteiger partial charge in [0, 0.05) is 4.47 Å². The van der Waals surface area contributed by atoms with E-state index < -0.39 is 17.3 Å². The van der Waals surface area contributed by atoms with Crippen LogP contribution in [0.25, 0.3) is 0 Å². The summed E-state index contributed by atoms with van der Waals surface area (Å²) in [4.78, 5) is 0. The number of phenols is 2. The number of aromatic hydroxyl groups is 2. The Bertz CT molecular complexity index is 373. The Kier molecular flexibility index (Phi) is 2.20. The van der Waals surface area contributed by atoms with Gasteiger partial charge >= 0.3 is 0 Å². The van der Waals surface area contributed by atoms with Gasteiger partial charge in [0.1, 0.15) is 11.6 Å². The fourth-order valence-corrected chi connectivity index (χ4v) is 1.18. The van der Waals surface area contributed by atoms with Crippen LogP contribution in [0.5, 0.6) is 11.5 Å². The fourth-order valence-electron chi connectivity index (χ4n) is 0.699. The van der Waals surface area contributed by atoms with Gasteiger partial charge in [-0.05, 0) is 22.0 Å². The molecule has 0 aliphatic carbocycles. The summed E-state index contributed by atoms with van der Waals surface area (Å²) < 4.78 is 13.0. The highest BCUT2D eigenvalue weighted by molar-refractivity contribution is 9.10. The van der Waals surface area contributed by atoms with Gasteiger partial charge in [0.15, 0.2) is 17.3 Å². The van der Waals surface area contributed by atoms with Crippen LogP contribution in [0, 0.1) is 17.1 Å². The predicted octanol–water partition coefficient (Wildman–Crippen LogP) is 1.87. The highest BCUT2D eigenvalue weighted by atomic mass is 79.9. The van der Waals surface area contributed by atoms with Crippen molar-refractivity contribution in [2.75, 3.05) is 0 Å². The molecule has 62 valence electrons. The van der Waals surface area contributed by atoms with Gasteiger partial charge in [0.25, 0.3) is 0 Å². The molecule has 0 fully saturated rings. The topological polar surface area (TPSA) is 64.2 Å². The molecule has 3 nitrogen and oxygen atoms in total. The first-order valence-corrected chi connectivity index (χ1v) is 3.67. The van der Waals surface area contributed by atoms with Gasteiger partial charge in [-0.2, -0.15) is 5.26 Å². The van der Waals surface area contributed by atoms with E-state index in [9.17, 15) is 4.39 Å². The summed E-state index contributed by atoms with van der Waals surface area (Å²) in [6.45, 7) is 0. The molecule has 0 saturated heterocycles. The van der Waals surface area contributed by atoms with E-state index in [0.29, 0.717) is 0 Å². The zero-order chi connectivity index (χ0) is 9.30. The molecule has 0 atom stereocenters. The Morgan fingerprint density at radius 1 is 1.50 bits per heavy atom. The highest BCUT2D eigenvalue weighted by Crippen LogP contribution is 2.34. The summed E-state index contributed by atoms with van der Waals surface area (Å²) in [6, 6.07) is 2.59. The van der Waals surface area contributed by atoms with E-state index in [4.69, 9.17) is 15.5 Å². The van der Waals surface area contributed by atoms with Crippen molar-refractivity contribution in [3.05, 3.63) is 21.9 Å². The van der Waals surface area contributed by atoms with Gasteiger partial charge in [0.05, 0.1) is 0 Å². The Morgan fingerprint density at radius 3 is 2.58 bits per heavy atom. The lowest BCUT2D eigenvalue weighted by Crippen LogP contribution is -1.86. The van der Waals surface area contributed by atoms with Crippen LogP contribution in [0.2, 0.25) is 0 Å². The molecule has 0 aliphatic rings. The van der Waals surface area contributed by atoms with Crippen molar-refractivity contribution < 1.29 is 14.6 Å². The smallest absolute Gasteiger partial charge is 0.195 e. The van der Waals surface area contributed by atoms with E-state index in [2.05, 4.69) is 15.9 Å². The lowest BCUT2D eigenvalue weighted by atomic mass is 10.2. The van der Waals surface area contributed by atoms with Crippen molar-refractivity contribution in [2.24, 2.45) is 0 Å². The minimum absolute atomic E-state index is 0.109. The van der Waals surface area contributed by atoms with Crippen molar-refractivity contribution in [2.45, 2.75) is 0 Å². The maximum atomic E-state index is 12.9. The van der Waals surface area contributed by atoms with Gasteiger partial charge in [0.2, 0.25) is 0 Å². The lowest BCUT2D eigenvalue weighted by Gasteiger charge is -2.01. The molecule has 0 saturated carbocycles. The molecule has 0 bridgehead atoms. The van der Waals surface area contributed by atoms with E-state index in [1.54, 1.807) is 0 Å². The molecule has 0 heterocycles. The van der Waals surface area contributed by atoms with Crippen molar-refractivity contribution in [3.63, 3.8) is 0 Å². The largest absolute Gasteiger partial charge is 0.504 e. The zero-order valence-corrected chi connectivity index (χ0v) is 7.26. The van der Waals surface area contributed by atoms with Gasteiger partial charge in [-0.15, -0.1) is 0 Å². The molecule has 1 aromatic carbocycles. The number of phenolic OH excluding ortho intramolecular Hbond substituents is 2. The van der Waals surface area contributed by atoms with Crippen molar-refractivity contribution in [1.29, 1.82) is 5.26 Å². The van der Waals surface area contributed by atoms with E-state index >= 15 is 0 Å². The van der Waals surface area contributed by atoms with Crippen molar-refractivity contribution in [1.82, 2.24) is 0 Å². The maximum absolute atomic E-state index is 12.9. The normalized spacial score (nSPS) is 9.42. The molecule has 0 aromatic heterocycles. The zero-order valence-electron chi connectivity index (χ0n) is 5.67. The quantitative estimate of drug-likeness (QED) is 0.671. The molecular weight excluding hydrogens is 229 g/mol. The number of hydrogen-bond acceptors (Lipinski definition) is 3. The average Bonchev–Trinajstić information content (AvgIpc) is 2.01. The van der Waals surface area contributed by atoms with Gasteiger partial charge in [-0.25, -0.2) is 4.39 Å². The summed E-state index contributed by atoms with van der Waals surface area (Å²) in [7, 11) is 0. The second-order valence-electron chi connectivity index (χ2n) is 2.03. The molecule has 0 unspecified atom stereocenters. The molecule has 0 radical (unpaired) electrons. The molecule has 0 spiro atoms. The van der Waals surface area contributed by atoms with Crippen LogP contribution in [-0.4, -0.2) is 10.2 Å². The van der Waals surface area contributed by atoms with Crippen LogP contribution >= 0.6 is 15.9 Å². The van der Waals surface area contributed by atoms with E-state index in [-0.39, 0.29) is 10.0 Å². The van der Waals surface area contributed by atoms with Crippen LogP contribution in [0.3, 0.4) is 0 Å². The Morgan fingerprint density at radius 2 is 2.08 bits per heavy atom. The molecule has 0 aliphatic heterocycles. The predicted molar refractivity (Wildman–Crippen MR) is 42.1 cm³/mol. The number of hydrogen-bond donors (Lipinski definition) is 2. The van der Waals surface area contributed by atoms with Gasteiger partial charge in [-0.3, -0.25) is 0 Å². The monoisotopic (exact) mass is 231 g/mol. The number of benzene rings is 1. The van der Waals surface area contributed by atoms with Crippen LogP contribution in [-0.2, 0) is 0 Å². The van der Waals surface area contributed by atoms with Crippen LogP contribution in [0.1, 0.15) is 5.56 Å². The molecule has 1 rings (SSSR count). The third-order valence-corrected chi connectivity index (χ3v) is 1.91. The average molecular weight is 232 g/mol. The Labute approximate surface area is 75.8 Å². The van der Waals surface area contributed by atoms with E-state index in [1.165, 1.54) is 6.07 Å². The molecule has 12 heavy (non-hydrogen) atoms. The first-order valence-electron chi connectivity index (χ1n) is 2.88. The molecule has 1 aromatic rings. The lowest BCUT2D eigenvalue weighted by molar-refractivity contribution is 0.378. The summed E-state index contributed by atoms with van der Waals surface area (Å²) in [5.41, 5.74) is -0.328. The Balaban J connectivity index is 3.54. The third-order valence-electron chi connectivity index (χ3n) is 1.28.